The first-order valence-corrected chi connectivity index (χ1v) is 9.09. The Balaban J connectivity index is 2.27. The number of hydrogen-bond acceptors (Lipinski definition) is 4. The van der Waals surface area contributed by atoms with Gasteiger partial charge >= 0.3 is 0 Å². The van der Waals surface area contributed by atoms with Gasteiger partial charge in [0.1, 0.15) is 0 Å². The Morgan fingerprint density at radius 3 is 2.77 bits per heavy atom. The molecule has 0 saturated heterocycles. The molecule has 1 aromatic carbocycles. The van der Waals surface area contributed by atoms with Gasteiger partial charge in [-0.05, 0) is 32.2 Å². The van der Waals surface area contributed by atoms with Gasteiger partial charge in [-0.15, -0.1) is 30.5 Å². The first-order valence-electron chi connectivity index (χ1n) is 7.80. The van der Waals surface area contributed by atoms with Crippen LogP contribution >= 0.6 is 11.8 Å². The molecule has 1 amide bonds. The number of fused-ring (bicyclic) bond motifs is 1. The van der Waals surface area contributed by atoms with Crippen molar-refractivity contribution in [3.8, 4) is 30.4 Å². The minimum absolute atomic E-state index is 0.0438. The molecule has 0 fully saturated rings. The minimum atomic E-state index is -0.928. The van der Waals surface area contributed by atoms with Crippen LogP contribution in [-0.2, 0) is 4.79 Å². The van der Waals surface area contributed by atoms with Crippen LogP contribution in [0.4, 0.5) is 4.39 Å². The van der Waals surface area contributed by atoms with Crippen LogP contribution in [0.2, 0.25) is 0 Å². The Bertz CT molecular complexity index is 912. The van der Waals surface area contributed by atoms with Gasteiger partial charge in [0.15, 0.2) is 11.6 Å². The predicted octanol–water partition coefficient (Wildman–Crippen LogP) is 3.34. The number of benzene rings is 1. The molecule has 0 aliphatic rings. The minimum Gasteiger partial charge on any atom is -0.467 e. The van der Waals surface area contributed by atoms with E-state index < -0.39 is 16.8 Å². The SMILES string of the molecule is C#CCC(C)(C)NC(=O)C(Oc1cc2cc(C#C)cnc2cc1F)SC. The smallest absolute Gasteiger partial charge is 0.272 e. The average Bonchev–Trinajstić information content (AvgIpc) is 2.58. The Hall–Kier alpha value is -2.70. The van der Waals surface area contributed by atoms with Crippen LogP contribution in [0.3, 0.4) is 0 Å². The number of nitrogens with one attached hydrogen (secondary N) is 1. The molecule has 26 heavy (non-hydrogen) atoms. The van der Waals surface area contributed by atoms with E-state index in [1.54, 1.807) is 12.3 Å². The predicted molar refractivity (Wildman–Crippen MR) is 103 cm³/mol. The molecule has 6 heteroatoms. The molecule has 0 bridgehead atoms. The molecule has 1 atom stereocenters. The standard InChI is InChI=1S/C20H19FN2O2S/c1-6-8-20(3,4)23-18(24)19(26-5)25-17-10-14-9-13(7-2)12-22-16(14)11-15(17)21/h1-2,9-12,19H,8H2,3-5H3,(H,23,24). The summed E-state index contributed by atoms with van der Waals surface area (Å²) in [6, 6.07) is 4.45. The summed E-state index contributed by atoms with van der Waals surface area (Å²) in [5.74, 6) is 3.97. The lowest BCUT2D eigenvalue weighted by molar-refractivity contribution is -0.126. The number of nitrogens with zero attached hydrogens (tertiary/aromatic N) is 1. The first kappa shape index (κ1) is 19.6. The van der Waals surface area contributed by atoms with Crippen molar-refractivity contribution in [3.05, 3.63) is 35.8 Å². The number of aromatic nitrogens is 1. The van der Waals surface area contributed by atoms with E-state index in [-0.39, 0.29) is 11.7 Å². The lowest BCUT2D eigenvalue weighted by Crippen LogP contribution is -2.48. The topological polar surface area (TPSA) is 51.2 Å². The Morgan fingerprint density at radius 1 is 1.42 bits per heavy atom. The van der Waals surface area contributed by atoms with Crippen LogP contribution < -0.4 is 10.1 Å². The molecule has 0 aliphatic carbocycles. The molecule has 0 aliphatic heterocycles. The van der Waals surface area contributed by atoms with Crippen LogP contribution in [0.1, 0.15) is 25.8 Å². The van der Waals surface area contributed by atoms with Gasteiger partial charge in [-0.1, -0.05) is 5.92 Å². The van der Waals surface area contributed by atoms with Gasteiger partial charge in [0.25, 0.3) is 5.91 Å². The molecule has 2 rings (SSSR count). The van der Waals surface area contributed by atoms with Crippen molar-refractivity contribution in [3.63, 3.8) is 0 Å². The zero-order chi connectivity index (χ0) is 19.3. The monoisotopic (exact) mass is 370 g/mol. The zero-order valence-corrected chi connectivity index (χ0v) is 15.6. The third-order valence-electron chi connectivity index (χ3n) is 3.57. The number of halogens is 1. The lowest BCUT2D eigenvalue weighted by atomic mass is 10.0. The van der Waals surface area contributed by atoms with Gasteiger partial charge in [-0.25, -0.2) is 4.39 Å². The molecule has 4 nitrogen and oxygen atoms in total. The van der Waals surface area contributed by atoms with Crippen LogP contribution in [0.25, 0.3) is 10.9 Å². The van der Waals surface area contributed by atoms with E-state index in [0.717, 1.165) is 11.8 Å². The summed E-state index contributed by atoms with van der Waals surface area (Å²) in [7, 11) is 0. The maximum absolute atomic E-state index is 14.3. The second-order valence-electron chi connectivity index (χ2n) is 6.28. The van der Waals surface area contributed by atoms with Crippen molar-refractivity contribution in [2.45, 2.75) is 31.2 Å². The number of amides is 1. The quantitative estimate of drug-likeness (QED) is 0.626. The fourth-order valence-corrected chi connectivity index (χ4v) is 2.79. The lowest BCUT2D eigenvalue weighted by Gasteiger charge is -2.26. The largest absolute Gasteiger partial charge is 0.467 e. The van der Waals surface area contributed by atoms with Crippen molar-refractivity contribution < 1.29 is 13.9 Å². The summed E-state index contributed by atoms with van der Waals surface area (Å²) in [5.41, 5.74) is -0.487. The van der Waals surface area contributed by atoms with E-state index in [1.807, 2.05) is 13.8 Å². The van der Waals surface area contributed by atoms with E-state index in [4.69, 9.17) is 17.6 Å². The molecule has 0 saturated carbocycles. The second-order valence-corrected chi connectivity index (χ2v) is 7.18. The molecule has 0 spiro atoms. The van der Waals surface area contributed by atoms with Crippen LogP contribution in [-0.4, -0.2) is 28.1 Å². The molecule has 1 unspecified atom stereocenters. The van der Waals surface area contributed by atoms with Crippen molar-refractivity contribution in [1.82, 2.24) is 10.3 Å². The van der Waals surface area contributed by atoms with Crippen LogP contribution in [0.15, 0.2) is 24.4 Å². The van der Waals surface area contributed by atoms with Gasteiger partial charge in [-0.2, -0.15) is 0 Å². The second kappa shape index (κ2) is 8.12. The normalized spacial score (nSPS) is 12.1. The zero-order valence-electron chi connectivity index (χ0n) is 14.8. The highest BCUT2D eigenvalue weighted by molar-refractivity contribution is 7.99. The Kier molecular flexibility index (Phi) is 6.13. The highest BCUT2D eigenvalue weighted by atomic mass is 32.2. The number of carbonyl (C=O) groups excluding carboxylic acids is 1. The summed E-state index contributed by atoms with van der Waals surface area (Å²) in [6.07, 6.45) is 14.2. The number of rotatable bonds is 6. The maximum atomic E-state index is 14.3. The molecular weight excluding hydrogens is 351 g/mol. The van der Waals surface area contributed by atoms with Crippen molar-refractivity contribution in [2.75, 3.05) is 6.26 Å². The Morgan fingerprint density at radius 2 is 2.15 bits per heavy atom. The average molecular weight is 370 g/mol. The first-order chi connectivity index (χ1) is 12.3. The highest BCUT2D eigenvalue weighted by Gasteiger charge is 2.27. The summed E-state index contributed by atoms with van der Waals surface area (Å²) in [5, 5.41) is 3.44. The van der Waals surface area contributed by atoms with E-state index in [1.165, 1.54) is 18.3 Å². The summed E-state index contributed by atoms with van der Waals surface area (Å²) < 4.78 is 20.0. The molecule has 1 aromatic heterocycles. The number of ether oxygens (including phenoxy) is 1. The number of pyridine rings is 1. The number of hydrogen-bond donors (Lipinski definition) is 1. The van der Waals surface area contributed by atoms with E-state index in [2.05, 4.69) is 22.1 Å². The van der Waals surface area contributed by atoms with Gasteiger partial charge in [0.05, 0.1) is 5.52 Å². The molecule has 2 aromatic rings. The van der Waals surface area contributed by atoms with E-state index >= 15 is 0 Å². The molecule has 1 heterocycles. The van der Waals surface area contributed by atoms with E-state index in [9.17, 15) is 9.18 Å². The summed E-state index contributed by atoms with van der Waals surface area (Å²) in [6.45, 7) is 3.62. The van der Waals surface area contributed by atoms with Gasteiger partial charge in [0, 0.05) is 35.2 Å². The van der Waals surface area contributed by atoms with Gasteiger partial charge in [0.2, 0.25) is 5.44 Å². The number of thioether (sulfide) groups is 1. The fraction of sp³-hybridized carbons (Fsp3) is 0.300. The third-order valence-corrected chi connectivity index (χ3v) is 4.31. The molecule has 134 valence electrons. The van der Waals surface area contributed by atoms with E-state index in [0.29, 0.717) is 22.9 Å². The molecular formula is C20H19FN2O2S. The fourth-order valence-electron chi connectivity index (χ4n) is 2.31. The highest BCUT2D eigenvalue weighted by Crippen LogP contribution is 2.27. The molecule has 1 N–H and O–H groups in total. The van der Waals surface area contributed by atoms with Crippen molar-refractivity contribution in [1.29, 1.82) is 0 Å². The van der Waals surface area contributed by atoms with Crippen LogP contribution in [0, 0.1) is 30.5 Å². The van der Waals surface area contributed by atoms with Gasteiger partial charge in [-0.3, -0.25) is 9.78 Å². The van der Waals surface area contributed by atoms with Crippen LogP contribution in [0.5, 0.6) is 5.75 Å². The summed E-state index contributed by atoms with van der Waals surface area (Å²) >= 11 is 1.15. The summed E-state index contributed by atoms with van der Waals surface area (Å²) in [4.78, 5) is 16.6. The van der Waals surface area contributed by atoms with Crippen molar-refractivity contribution >= 4 is 28.6 Å². The van der Waals surface area contributed by atoms with Gasteiger partial charge < -0.3 is 10.1 Å². The number of terminal acetylenes is 2. The maximum Gasteiger partial charge on any atom is 0.272 e. The molecule has 0 radical (unpaired) electrons. The third kappa shape index (κ3) is 4.68. The Labute approximate surface area is 156 Å². The van der Waals surface area contributed by atoms with Crippen molar-refractivity contribution in [2.24, 2.45) is 0 Å². The number of carbonyl (C=O) groups is 1.